The number of carboxylic acids is 1. The number of nitrogens with one attached hydrogen (secondary N) is 2. The molecule has 0 aliphatic carbocycles. The van der Waals surface area contributed by atoms with Gasteiger partial charge in [0.2, 0.25) is 0 Å². The van der Waals surface area contributed by atoms with Crippen LogP contribution in [0.5, 0.6) is 5.75 Å². The highest BCUT2D eigenvalue weighted by Gasteiger charge is 2.35. The summed E-state index contributed by atoms with van der Waals surface area (Å²) in [5.41, 5.74) is 9.74. The Morgan fingerprint density at radius 1 is 1.36 bits per heavy atom. The summed E-state index contributed by atoms with van der Waals surface area (Å²) in [7, 11) is 0. The number of benzene rings is 2. The third-order valence-corrected chi connectivity index (χ3v) is 9.22. The number of nitrogens with zero attached hydrogens (tertiary/aromatic N) is 1. The second-order valence-electron chi connectivity index (χ2n) is 9.90. The van der Waals surface area contributed by atoms with Crippen molar-refractivity contribution in [2.24, 2.45) is 0 Å². The molecule has 0 bridgehead atoms. The maximum Gasteiger partial charge on any atom is 0.349 e. The molecular weight excluding hydrogens is 539 g/mol. The van der Waals surface area contributed by atoms with Gasteiger partial charge >= 0.3 is 5.97 Å². The lowest BCUT2D eigenvalue weighted by Gasteiger charge is -2.45. The number of ether oxygens (including phenoxy) is 1. The van der Waals surface area contributed by atoms with Crippen LogP contribution in [0.3, 0.4) is 0 Å². The summed E-state index contributed by atoms with van der Waals surface area (Å²) in [5, 5.41) is 20.4. The molecule has 11 heteroatoms. The number of hydrogen-bond acceptors (Lipinski definition) is 9. The molecule has 1 aromatic heterocycles. The van der Waals surface area contributed by atoms with E-state index in [-0.39, 0.29) is 21.3 Å². The van der Waals surface area contributed by atoms with Crippen LogP contribution in [0, 0.1) is 11.2 Å². The number of nitrogen functional groups attached to an aromatic ring is 1. The van der Waals surface area contributed by atoms with E-state index in [0.717, 1.165) is 53.3 Å². The summed E-state index contributed by atoms with van der Waals surface area (Å²) in [6.45, 7) is 4.88. The van der Waals surface area contributed by atoms with E-state index in [1.807, 2.05) is 24.3 Å². The van der Waals surface area contributed by atoms with Gasteiger partial charge in [0.15, 0.2) is 22.7 Å². The van der Waals surface area contributed by atoms with E-state index in [2.05, 4.69) is 23.5 Å². The fourth-order valence-electron chi connectivity index (χ4n) is 4.70. The van der Waals surface area contributed by atoms with Crippen molar-refractivity contribution in [2.75, 3.05) is 24.2 Å². The lowest BCUT2D eigenvalue weighted by atomic mass is 9.89. The Labute approximate surface area is 235 Å². The largest absolute Gasteiger partial charge is 0.481 e. The number of anilines is 2. The number of nitrogens with two attached hydrogens (primary N) is 1. The monoisotopic (exact) mass is 570 g/mol. The zero-order valence-electron chi connectivity index (χ0n) is 21.7. The number of carbonyl (C=O) groups is 2. The first-order chi connectivity index (χ1) is 18.6. The number of rotatable bonds is 11. The zero-order valence-corrected chi connectivity index (χ0v) is 23.3. The van der Waals surface area contributed by atoms with E-state index >= 15 is 4.39 Å². The van der Waals surface area contributed by atoms with E-state index in [9.17, 15) is 14.7 Å². The smallest absolute Gasteiger partial charge is 0.349 e. The lowest BCUT2D eigenvalue weighted by Crippen LogP contribution is -2.49. The van der Waals surface area contributed by atoms with Gasteiger partial charge in [-0.3, -0.25) is 4.79 Å². The molecule has 0 spiro atoms. The van der Waals surface area contributed by atoms with Gasteiger partial charge in [-0.05, 0) is 56.0 Å². The molecule has 206 valence electrons. The molecular formula is C28H31FN4O4S2. The lowest BCUT2D eigenvalue weighted by molar-refractivity contribution is -0.109. The molecule has 2 heterocycles. The second kappa shape index (κ2) is 12.2. The number of aromatic carboxylic acids is 1. The topological polar surface area (TPSA) is 129 Å². The van der Waals surface area contributed by atoms with Gasteiger partial charge in [0.1, 0.15) is 6.61 Å². The first-order valence-electron chi connectivity index (χ1n) is 12.4. The molecule has 0 saturated carbocycles. The van der Waals surface area contributed by atoms with Gasteiger partial charge in [0.25, 0.3) is 0 Å². The van der Waals surface area contributed by atoms with Gasteiger partial charge in [-0.1, -0.05) is 36.2 Å². The van der Waals surface area contributed by atoms with Crippen molar-refractivity contribution in [3.63, 3.8) is 0 Å². The summed E-state index contributed by atoms with van der Waals surface area (Å²) in [4.78, 5) is 22.2. The number of carboxylic acid groups (broad SMARTS) is 1. The van der Waals surface area contributed by atoms with Gasteiger partial charge in [0.05, 0.1) is 4.88 Å². The third kappa shape index (κ3) is 6.60. The number of aldehydes is 1. The predicted octanol–water partition coefficient (Wildman–Crippen LogP) is 5.91. The highest BCUT2D eigenvalue weighted by molar-refractivity contribution is 7.96. The Hall–Kier alpha value is -3.41. The van der Waals surface area contributed by atoms with E-state index in [4.69, 9.17) is 15.9 Å². The van der Waals surface area contributed by atoms with E-state index < -0.39 is 24.1 Å². The van der Waals surface area contributed by atoms with Crippen molar-refractivity contribution in [3.05, 3.63) is 64.3 Å². The summed E-state index contributed by atoms with van der Waals surface area (Å²) in [6.07, 6.45) is 3.51. The van der Waals surface area contributed by atoms with Crippen molar-refractivity contribution in [1.29, 1.82) is 5.41 Å². The minimum absolute atomic E-state index is 0.0836. The average Bonchev–Trinajstić information content (AvgIpc) is 3.23. The van der Waals surface area contributed by atoms with Gasteiger partial charge in [0, 0.05) is 47.0 Å². The van der Waals surface area contributed by atoms with Crippen LogP contribution in [0.15, 0.2) is 42.5 Å². The Kier molecular flexibility index (Phi) is 8.94. The van der Waals surface area contributed by atoms with Crippen molar-refractivity contribution >= 4 is 53.1 Å². The summed E-state index contributed by atoms with van der Waals surface area (Å²) >= 11 is 2.56. The van der Waals surface area contributed by atoms with Crippen LogP contribution in [-0.4, -0.2) is 52.6 Å². The minimum Gasteiger partial charge on any atom is -0.481 e. The molecule has 1 atom stereocenters. The zero-order chi connectivity index (χ0) is 28.2. The summed E-state index contributed by atoms with van der Waals surface area (Å²) < 4.78 is 22.6. The van der Waals surface area contributed by atoms with Crippen LogP contribution in [0.1, 0.15) is 47.5 Å². The molecule has 1 aliphatic rings. The SMILES string of the molecule is CC1(C)CC(Nc2cccc(-c3sc(C(=O)O)c(OCC=O)c3F)c2)CCN1SCc1ccc(C=N)c(N)c1. The molecule has 0 radical (unpaired) electrons. The summed E-state index contributed by atoms with van der Waals surface area (Å²) in [6, 6.07) is 13.2. The van der Waals surface area contributed by atoms with E-state index in [1.54, 1.807) is 30.1 Å². The second-order valence-corrected chi connectivity index (χ2v) is 11.9. The average molecular weight is 571 g/mol. The number of piperidine rings is 1. The maximum absolute atomic E-state index is 15.1. The van der Waals surface area contributed by atoms with Gasteiger partial charge in [-0.25, -0.2) is 13.5 Å². The Bertz CT molecular complexity index is 1380. The predicted molar refractivity (Wildman–Crippen MR) is 156 cm³/mol. The van der Waals surface area contributed by atoms with E-state index in [1.165, 1.54) is 6.21 Å². The molecule has 1 saturated heterocycles. The molecule has 3 aromatic rings. The van der Waals surface area contributed by atoms with Crippen LogP contribution in [0.2, 0.25) is 0 Å². The molecule has 1 fully saturated rings. The normalized spacial score (nSPS) is 16.9. The molecule has 5 N–H and O–H groups in total. The number of thiophene rings is 1. The van der Waals surface area contributed by atoms with Crippen LogP contribution >= 0.6 is 23.3 Å². The maximum atomic E-state index is 15.1. The van der Waals surface area contributed by atoms with Gasteiger partial charge in [-0.2, -0.15) is 0 Å². The Morgan fingerprint density at radius 3 is 2.82 bits per heavy atom. The summed E-state index contributed by atoms with van der Waals surface area (Å²) in [5.74, 6) is -1.71. The molecule has 0 amide bonds. The first kappa shape index (κ1) is 28.6. The number of halogens is 1. The number of hydrogen-bond donors (Lipinski definition) is 4. The van der Waals surface area contributed by atoms with Crippen LogP contribution in [0.4, 0.5) is 15.8 Å². The van der Waals surface area contributed by atoms with Crippen LogP contribution < -0.4 is 15.8 Å². The quantitative estimate of drug-likeness (QED) is 0.0969. The Balaban J connectivity index is 1.42. The van der Waals surface area contributed by atoms with Crippen LogP contribution in [0.25, 0.3) is 10.4 Å². The minimum atomic E-state index is -1.31. The van der Waals surface area contributed by atoms with Crippen molar-refractivity contribution in [1.82, 2.24) is 4.31 Å². The fourth-order valence-corrected chi connectivity index (χ4v) is 6.80. The molecule has 4 rings (SSSR count). The van der Waals surface area contributed by atoms with Crippen molar-refractivity contribution in [2.45, 2.75) is 44.0 Å². The Morgan fingerprint density at radius 2 is 2.15 bits per heavy atom. The third-order valence-electron chi connectivity index (χ3n) is 6.59. The molecule has 8 nitrogen and oxygen atoms in total. The first-order valence-corrected chi connectivity index (χ1v) is 14.2. The number of carbonyl (C=O) groups excluding carboxylic acids is 1. The highest BCUT2D eigenvalue weighted by atomic mass is 32.2. The van der Waals surface area contributed by atoms with Crippen LogP contribution in [-0.2, 0) is 10.5 Å². The highest BCUT2D eigenvalue weighted by Crippen LogP contribution is 2.42. The van der Waals surface area contributed by atoms with Crippen molar-refractivity contribution in [3.8, 4) is 16.2 Å². The fraction of sp³-hybridized carbons (Fsp3) is 0.321. The molecule has 2 aromatic carbocycles. The standard InChI is InChI=1S/C28H31FN4O4S2/c1-28(2)14-21(8-9-33(28)38-16-17-6-7-19(15-30)22(31)12-17)32-20-5-3-4-18(13-20)25-23(29)24(37-11-10-34)26(39-25)27(35)36/h3-7,10,12-13,15,21,30,32H,8-9,11,14,16,31H2,1-2H3,(H,35,36). The van der Waals surface area contributed by atoms with Crippen molar-refractivity contribution < 1.29 is 23.8 Å². The van der Waals surface area contributed by atoms with Gasteiger partial charge in [-0.15, -0.1) is 11.3 Å². The molecule has 39 heavy (non-hydrogen) atoms. The molecule has 1 unspecified atom stereocenters. The van der Waals surface area contributed by atoms with Gasteiger partial charge < -0.3 is 26.3 Å². The van der Waals surface area contributed by atoms with E-state index in [0.29, 0.717) is 17.5 Å². The molecule has 1 aliphatic heterocycles.